The lowest BCUT2D eigenvalue weighted by Crippen LogP contribution is -2.47. The summed E-state index contributed by atoms with van der Waals surface area (Å²) in [4.78, 5) is 18.0. The third-order valence-electron chi connectivity index (χ3n) is 5.07. The fourth-order valence-corrected chi connectivity index (χ4v) is 3.34. The van der Waals surface area contributed by atoms with Crippen molar-refractivity contribution in [3.05, 3.63) is 29.8 Å². The quantitative estimate of drug-likeness (QED) is 0.368. The van der Waals surface area contributed by atoms with Crippen molar-refractivity contribution in [1.82, 2.24) is 15.5 Å². The van der Waals surface area contributed by atoms with E-state index in [4.69, 9.17) is 9.47 Å². The molecule has 1 amide bonds. The maximum absolute atomic E-state index is 12.0. The maximum Gasteiger partial charge on any atom is 0.243 e. The number of nitrogens with one attached hydrogen (secondary N) is 2. The number of fused-ring (bicyclic) bond motifs is 1. The molecule has 7 nitrogen and oxygen atoms in total. The minimum absolute atomic E-state index is 0. The van der Waals surface area contributed by atoms with Crippen molar-refractivity contribution < 1.29 is 14.3 Å². The highest BCUT2D eigenvalue weighted by atomic mass is 127. The van der Waals surface area contributed by atoms with E-state index < -0.39 is 0 Å². The zero-order valence-corrected chi connectivity index (χ0v) is 19.2. The van der Waals surface area contributed by atoms with Crippen LogP contribution in [0.3, 0.4) is 0 Å². The van der Waals surface area contributed by atoms with Gasteiger partial charge in [-0.1, -0.05) is 18.2 Å². The Morgan fingerprint density at radius 3 is 2.82 bits per heavy atom. The molecule has 0 saturated carbocycles. The minimum Gasteiger partial charge on any atom is -0.493 e. The van der Waals surface area contributed by atoms with Crippen LogP contribution in [0.15, 0.2) is 29.3 Å². The highest BCUT2D eigenvalue weighted by molar-refractivity contribution is 14.0. The van der Waals surface area contributed by atoms with Crippen LogP contribution in [-0.4, -0.2) is 62.8 Å². The topological polar surface area (TPSA) is 75.2 Å². The summed E-state index contributed by atoms with van der Waals surface area (Å²) in [7, 11) is 3.47. The summed E-state index contributed by atoms with van der Waals surface area (Å²) in [5.74, 6) is 1.49. The number of hydrogen-bond acceptors (Lipinski definition) is 4. The normalized spacial score (nSPS) is 23.8. The fourth-order valence-electron chi connectivity index (χ4n) is 3.34. The Hall–Kier alpha value is -1.55. The Kier molecular flexibility index (Phi) is 8.36. The molecule has 2 atom stereocenters. The van der Waals surface area contributed by atoms with E-state index in [-0.39, 0.29) is 48.1 Å². The lowest BCUT2D eigenvalue weighted by atomic mass is 10.0. The first-order chi connectivity index (χ1) is 13.0. The van der Waals surface area contributed by atoms with Gasteiger partial charge in [-0.2, -0.15) is 0 Å². The Labute approximate surface area is 184 Å². The van der Waals surface area contributed by atoms with Crippen molar-refractivity contribution in [3.63, 3.8) is 0 Å². The lowest BCUT2D eigenvalue weighted by Gasteiger charge is -2.30. The van der Waals surface area contributed by atoms with E-state index in [2.05, 4.69) is 28.6 Å². The zero-order chi connectivity index (χ0) is 19.3. The van der Waals surface area contributed by atoms with Crippen molar-refractivity contribution in [2.45, 2.75) is 37.8 Å². The molecule has 2 aliphatic rings. The van der Waals surface area contributed by atoms with Gasteiger partial charge in [0, 0.05) is 39.2 Å². The molecule has 156 valence electrons. The van der Waals surface area contributed by atoms with Crippen molar-refractivity contribution >= 4 is 35.8 Å². The van der Waals surface area contributed by atoms with E-state index in [1.165, 1.54) is 0 Å². The number of guanidine groups is 1. The molecular formula is C20H31IN4O3. The van der Waals surface area contributed by atoms with Crippen LogP contribution in [0.4, 0.5) is 0 Å². The minimum atomic E-state index is -0.193. The smallest absolute Gasteiger partial charge is 0.243 e. The van der Waals surface area contributed by atoms with E-state index in [0.717, 1.165) is 37.2 Å². The first-order valence-electron chi connectivity index (χ1n) is 9.57. The molecule has 8 heteroatoms. The highest BCUT2D eigenvalue weighted by Crippen LogP contribution is 2.31. The molecule has 0 spiro atoms. The summed E-state index contributed by atoms with van der Waals surface area (Å²) in [5.41, 5.74) is 0.919. The molecule has 1 aromatic rings. The Morgan fingerprint density at radius 1 is 1.32 bits per heavy atom. The largest absolute Gasteiger partial charge is 0.493 e. The van der Waals surface area contributed by atoms with Gasteiger partial charge in [0.2, 0.25) is 5.91 Å². The number of hydrogen-bond donors (Lipinski definition) is 2. The number of amides is 1. The van der Waals surface area contributed by atoms with Crippen molar-refractivity contribution in [2.24, 2.45) is 4.99 Å². The van der Waals surface area contributed by atoms with Crippen LogP contribution >= 0.6 is 24.0 Å². The number of aliphatic imine (C=N–C) groups is 1. The number of ether oxygens (including phenoxy) is 2. The first-order valence-corrected chi connectivity index (χ1v) is 9.57. The predicted molar refractivity (Wildman–Crippen MR) is 120 cm³/mol. The summed E-state index contributed by atoms with van der Waals surface area (Å²) in [6.45, 7) is 4.31. The Morgan fingerprint density at radius 2 is 2.11 bits per heavy atom. The molecule has 1 fully saturated rings. The second-order valence-electron chi connectivity index (χ2n) is 7.58. The molecule has 3 rings (SSSR count). The highest BCUT2D eigenvalue weighted by Gasteiger charge is 2.30. The monoisotopic (exact) mass is 502 g/mol. The van der Waals surface area contributed by atoms with Crippen molar-refractivity contribution in [1.29, 1.82) is 0 Å². The van der Waals surface area contributed by atoms with Gasteiger partial charge in [-0.25, -0.2) is 4.99 Å². The summed E-state index contributed by atoms with van der Waals surface area (Å²) < 4.78 is 11.6. The van der Waals surface area contributed by atoms with Gasteiger partial charge in [0.05, 0.1) is 18.2 Å². The van der Waals surface area contributed by atoms with Crippen LogP contribution in [-0.2, 0) is 9.53 Å². The SMILES string of the molecule is CN(C)C(=O)CN=C(NCC1(C)CCCO1)NC1CCOc2ccccc21.I. The third-order valence-corrected chi connectivity index (χ3v) is 5.07. The molecule has 28 heavy (non-hydrogen) atoms. The number of carbonyl (C=O) groups excluding carboxylic acids is 1. The van der Waals surface area contributed by atoms with Crippen LogP contribution in [0.25, 0.3) is 0 Å². The number of carbonyl (C=O) groups is 1. The van der Waals surface area contributed by atoms with Gasteiger partial charge in [-0.15, -0.1) is 24.0 Å². The number of para-hydroxylation sites is 1. The summed E-state index contributed by atoms with van der Waals surface area (Å²) in [6.07, 6.45) is 2.93. The second kappa shape index (κ2) is 10.3. The van der Waals surface area contributed by atoms with Crippen LogP contribution < -0.4 is 15.4 Å². The van der Waals surface area contributed by atoms with Crippen LogP contribution in [0.1, 0.15) is 37.8 Å². The fraction of sp³-hybridized carbons (Fsp3) is 0.600. The molecule has 0 bridgehead atoms. The van der Waals surface area contributed by atoms with Crippen LogP contribution in [0, 0.1) is 0 Å². The van der Waals surface area contributed by atoms with Gasteiger partial charge < -0.3 is 25.0 Å². The van der Waals surface area contributed by atoms with Crippen molar-refractivity contribution in [2.75, 3.05) is 40.4 Å². The number of likely N-dealkylation sites (N-methyl/N-ethyl adjacent to an activating group) is 1. The van der Waals surface area contributed by atoms with E-state index in [1.807, 2.05) is 18.2 Å². The van der Waals surface area contributed by atoms with E-state index in [1.54, 1.807) is 19.0 Å². The standard InChI is InChI=1S/C20H30N4O3.HI/c1-20(10-6-11-27-20)14-22-19(21-13-18(25)24(2)3)23-16-9-12-26-17-8-5-4-7-15(16)17;/h4-5,7-8,16H,6,9-14H2,1-3H3,(H2,21,22,23);1H. The van der Waals surface area contributed by atoms with Crippen molar-refractivity contribution in [3.8, 4) is 5.75 Å². The third kappa shape index (κ3) is 5.97. The summed E-state index contributed by atoms with van der Waals surface area (Å²) >= 11 is 0. The lowest BCUT2D eigenvalue weighted by molar-refractivity contribution is -0.127. The van der Waals surface area contributed by atoms with Gasteiger partial charge >= 0.3 is 0 Å². The van der Waals surface area contributed by atoms with E-state index in [9.17, 15) is 4.79 Å². The van der Waals surface area contributed by atoms with E-state index in [0.29, 0.717) is 19.1 Å². The maximum atomic E-state index is 12.0. The van der Waals surface area contributed by atoms with Gasteiger partial charge in [0.15, 0.2) is 5.96 Å². The number of halogens is 1. The summed E-state index contributed by atoms with van der Waals surface area (Å²) in [5, 5.41) is 6.86. The molecule has 2 aliphatic heterocycles. The molecule has 0 aliphatic carbocycles. The molecule has 1 aromatic carbocycles. The summed E-state index contributed by atoms with van der Waals surface area (Å²) in [6, 6.07) is 8.12. The average molecular weight is 502 g/mol. The molecule has 0 radical (unpaired) electrons. The Balaban J connectivity index is 0.00000280. The van der Waals surface area contributed by atoms with Crippen LogP contribution in [0.5, 0.6) is 5.75 Å². The predicted octanol–water partition coefficient (Wildman–Crippen LogP) is 2.32. The number of rotatable bonds is 5. The first kappa shape index (κ1) is 22.7. The van der Waals surface area contributed by atoms with Gasteiger partial charge in [0.25, 0.3) is 0 Å². The Bertz CT molecular complexity index is 690. The molecule has 2 unspecified atom stereocenters. The van der Waals surface area contributed by atoms with Gasteiger partial charge in [0.1, 0.15) is 12.3 Å². The van der Waals surface area contributed by atoms with Crippen LogP contribution in [0.2, 0.25) is 0 Å². The average Bonchev–Trinajstić information content (AvgIpc) is 3.10. The van der Waals surface area contributed by atoms with E-state index >= 15 is 0 Å². The number of nitrogens with zero attached hydrogens (tertiary/aromatic N) is 2. The molecule has 1 saturated heterocycles. The van der Waals surface area contributed by atoms with Gasteiger partial charge in [-0.05, 0) is 25.8 Å². The number of benzene rings is 1. The molecular weight excluding hydrogens is 471 g/mol. The molecule has 2 N–H and O–H groups in total. The molecule has 2 heterocycles. The second-order valence-corrected chi connectivity index (χ2v) is 7.58. The zero-order valence-electron chi connectivity index (χ0n) is 16.9. The van der Waals surface area contributed by atoms with Gasteiger partial charge in [-0.3, -0.25) is 4.79 Å². The molecule has 0 aromatic heterocycles.